The fourth-order valence-electron chi connectivity index (χ4n) is 2.75. The molecule has 2 aromatic heterocycles. The van der Waals surface area contributed by atoms with Crippen molar-refractivity contribution in [3.8, 4) is 0 Å². The zero-order valence-corrected chi connectivity index (χ0v) is 17.0. The fraction of sp³-hybridized carbons (Fsp3) is 0.375. The maximum atomic E-state index is 12.4. The van der Waals surface area contributed by atoms with Crippen molar-refractivity contribution in [1.29, 1.82) is 0 Å². The highest BCUT2D eigenvalue weighted by molar-refractivity contribution is 7.91. The van der Waals surface area contributed by atoms with E-state index in [1.54, 1.807) is 33.9 Å². The van der Waals surface area contributed by atoms with Crippen LogP contribution in [0.5, 0.6) is 0 Å². The molecule has 11 heteroatoms. The van der Waals surface area contributed by atoms with Crippen LogP contribution in [0.15, 0.2) is 33.2 Å². The second-order valence-corrected chi connectivity index (χ2v) is 9.70. The van der Waals surface area contributed by atoms with Crippen molar-refractivity contribution in [2.24, 2.45) is 0 Å². The Kier molecular flexibility index (Phi) is 6.15. The van der Waals surface area contributed by atoms with Crippen LogP contribution >= 0.6 is 22.7 Å². The number of esters is 1. The highest BCUT2D eigenvalue weighted by Gasteiger charge is 2.27. The minimum Gasteiger partial charge on any atom is -0.465 e. The van der Waals surface area contributed by atoms with Gasteiger partial charge in [0.2, 0.25) is 10.0 Å². The number of carbonyl (C=O) groups excluding carboxylic acids is 2. The first-order valence-electron chi connectivity index (χ1n) is 8.18. The van der Waals surface area contributed by atoms with Gasteiger partial charge in [0, 0.05) is 19.1 Å². The number of amides is 2. The molecule has 1 aliphatic heterocycles. The van der Waals surface area contributed by atoms with Gasteiger partial charge in [-0.15, -0.1) is 22.7 Å². The molecule has 3 rings (SSSR count). The van der Waals surface area contributed by atoms with Gasteiger partial charge in [0.1, 0.15) is 9.09 Å². The number of urea groups is 1. The number of methoxy groups -OCH3 is 1. The van der Waals surface area contributed by atoms with E-state index >= 15 is 0 Å². The van der Waals surface area contributed by atoms with Crippen molar-refractivity contribution in [3.05, 3.63) is 33.8 Å². The van der Waals surface area contributed by atoms with E-state index in [2.05, 4.69) is 10.0 Å². The van der Waals surface area contributed by atoms with Crippen LogP contribution in [0.25, 0.3) is 0 Å². The Morgan fingerprint density at radius 2 is 1.93 bits per heavy atom. The van der Waals surface area contributed by atoms with Gasteiger partial charge in [0.05, 0.1) is 12.8 Å². The van der Waals surface area contributed by atoms with Gasteiger partial charge in [0.25, 0.3) is 0 Å². The molecule has 0 aromatic carbocycles. The number of nitrogens with zero attached hydrogens (tertiary/aromatic N) is 1. The lowest BCUT2D eigenvalue weighted by Gasteiger charge is -2.32. The first-order valence-corrected chi connectivity index (χ1v) is 11.4. The standard InChI is InChI=1S/C16H19N3O5S3/c1-24-15(20)14-12(6-10-26-14)17-16(21)19-7-4-11(5-8-19)18-27(22,23)13-3-2-9-25-13/h2-3,6,9-11,18H,4-5,7-8H2,1H3,(H,17,21). The number of likely N-dealkylation sites (tertiary alicyclic amines) is 1. The van der Waals surface area contributed by atoms with Crippen LogP contribution in [0.1, 0.15) is 22.5 Å². The second-order valence-electron chi connectivity index (χ2n) is 5.90. The van der Waals surface area contributed by atoms with E-state index in [0.717, 1.165) is 0 Å². The Balaban J connectivity index is 1.54. The Morgan fingerprint density at radius 1 is 1.19 bits per heavy atom. The van der Waals surface area contributed by atoms with Gasteiger partial charge >= 0.3 is 12.0 Å². The molecule has 3 heterocycles. The van der Waals surface area contributed by atoms with Crippen molar-refractivity contribution in [2.75, 3.05) is 25.5 Å². The number of nitrogens with one attached hydrogen (secondary N) is 2. The van der Waals surface area contributed by atoms with Crippen LogP contribution in [0, 0.1) is 0 Å². The summed E-state index contributed by atoms with van der Waals surface area (Å²) in [6, 6.07) is 4.37. The normalized spacial score (nSPS) is 15.5. The number of anilines is 1. The molecule has 2 aromatic rings. The average Bonchev–Trinajstić information content (AvgIpc) is 3.33. The quantitative estimate of drug-likeness (QED) is 0.711. The largest absolute Gasteiger partial charge is 0.465 e. The van der Waals surface area contributed by atoms with Crippen LogP contribution in [0.4, 0.5) is 10.5 Å². The van der Waals surface area contributed by atoms with Crippen LogP contribution in [-0.4, -0.2) is 51.6 Å². The van der Waals surface area contributed by atoms with E-state index in [4.69, 9.17) is 4.74 Å². The van der Waals surface area contributed by atoms with E-state index < -0.39 is 16.0 Å². The third-order valence-corrected chi connectivity index (χ3v) is 7.95. The molecule has 0 saturated carbocycles. The van der Waals surface area contributed by atoms with E-state index in [-0.39, 0.29) is 16.3 Å². The molecular weight excluding hydrogens is 410 g/mol. The highest BCUT2D eigenvalue weighted by atomic mass is 32.2. The van der Waals surface area contributed by atoms with Crippen molar-refractivity contribution in [2.45, 2.75) is 23.1 Å². The smallest absolute Gasteiger partial charge is 0.350 e. The number of sulfonamides is 1. The summed E-state index contributed by atoms with van der Waals surface area (Å²) in [5.74, 6) is -0.498. The SMILES string of the molecule is COC(=O)c1sccc1NC(=O)N1CCC(NS(=O)(=O)c2cccs2)CC1. The number of rotatable bonds is 5. The summed E-state index contributed by atoms with van der Waals surface area (Å²) < 4.78 is 32.2. The lowest BCUT2D eigenvalue weighted by molar-refractivity contribution is 0.0607. The predicted octanol–water partition coefficient (Wildman–Crippen LogP) is 2.57. The van der Waals surface area contributed by atoms with Gasteiger partial charge in [-0.2, -0.15) is 0 Å². The summed E-state index contributed by atoms with van der Waals surface area (Å²) in [6.07, 6.45) is 1.04. The summed E-state index contributed by atoms with van der Waals surface area (Å²) >= 11 is 2.36. The van der Waals surface area contributed by atoms with E-state index in [1.165, 1.54) is 29.8 Å². The summed E-state index contributed by atoms with van der Waals surface area (Å²) in [5, 5.41) is 6.14. The van der Waals surface area contributed by atoms with Crippen molar-refractivity contribution < 1.29 is 22.7 Å². The molecule has 0 bridgehead atoms. The lowest BCUT2D eigenvalue weighted by Crippen LogP contribution is -2.47. The second kappa shape index (κ2) is 8.38. The van der Waals surface area contributed by atoms with Crippen molar-refractivity contribution >= 4 is 50.4 Å². The summed E-state index contributed by atoms with van der Waals surface area (Å²) in [5.41, 5.74) is 0.414. The molecular formula is C16H19N3O5S3. The van der Waals surface area contributed by atoms with Crippen LogP contribution in [0.2, 0.25) is 0 Å². The molecule has 0 atom stereocenters. The molecule has 1 aliphatic rings. The summed E-state index contributed by atoms with van der Waals surface area (Å²) in [4.78, 5) is 26.1. The lowest BCUT2D eigenvalue weighted by atomic mass is 10.1. The molecule has 146 valence electrons. The Labute approximate surface area is 165 Å². The minimum absolute atomic E-state index is 0.215. The number of hydrogen-bond acceptors (Lipinski definition) is 7. The molecule has 0 aliphatic carbocycles. The Bertz CT molecular complexity index is 900. The fourth-order valence-corrected chi connectivity index (χ4v) is 5.83. The van der Waals surface area contributed by atoms with Gasteiger partial charge < -0.3 is 15.0 Å². The molecule has 0 spiro atoms. The molecule has 8 nitrogen and oxygen atoms in total. The summed E-state index contributed by atoms with van der Waals surface area (Å²) in [7, 11) is -2.23. The maximum absolute atomic E-state index is 12.4. The molecule has 0 radical (unpaired) electrons. The van der Waals surface area contributed by atoms with Crippen LogP contribution in [-0.2, 0) is 14.8 Å². The number of hydrogen-bond donors (Lipinski definition) is 2. The average molecular weight is 430 g/mol. The molecule has 2 amide bonds. The van der Waals surface area contributed by atoms with E-state index in [0.29, 0.717) is 36.5 Å². The van der Waals surface area contributed by atoms with Gasteiger partial charge in [-0.05, 0) is 35.7 Å². The van der Waals surface area contributed by atoms with Gasteiger partial charge in [-0.1, -0.05) is 6.07 Å². The number of carbonyl (C=O) groups is 2. The third-order valence-electron chi connectivity index (χ3n) is 4.14. The number of thiophene rings is 2. The predicted molar refractivity (Wildman–Crippen MR) is 104 cm³/mol. The van der Waals surface area contributed by atoms with Gasteiger partial charge in [0.15, 0.2) is 0 Å². The molecule has 2 N–H and O–H groups in total. The van der Waals surface area contributed by atoms with E-state index in [9.17, 15) is 18.0 Å². The number of ether oxygens (including phenoxy) is 1. The van der Waals surface area contributed by atoms with Crippen molar-refractivity contribution in [1.82, 2.24) is 9.62 Å². The molecule has 27 heavy (non-hydrogen) atoms. The Morgan fingerprint density at radius 3 is 2.56 bits per heavy atom. The maximum Gasteiger partial charge on any atom is 0.350 e. The first kappa shape index (κ1) is 19.8. The first-order chi connectivity index (χ1) is 12.9. The minimum atomic E-state index is -3.51. The molecule has 1 fully saturated rings. The van der Waals surface area contributed by atoms with E-state index in [1.807, 2.05) is 0 Å². The molecule has 0 unspecified atom stereocenters. The zero-order valence-electron chi connectivity index (χ0n) is 14.5. The topological polar surface area (TPSA) is 105 Å². The zero-order chi connectivity index (χ0) is 19.4. The molecule has 1 saturated heterocycles. The number of piperidine rings is 1. The Hall–Kier alpha value is -1.95. The summed E-state index contributed by atoms with van der Waals surface area (Å²) in [6.45, 7) is 0.836. The highest BCUT2D eigenvalue weighted by Crippen LogP contribution is 2.24. The third kappa shape index (κ3) is 4.67. The van der Waals surface area contributed by atoms with Crippen LogP contribution < -0.4 is 10.0 Å². The van der Waals surface area contributed by atoms with Gasteiger partial charge in [-0.3, -0.25) is 0 Å². The monoisotopic (exact) mass is 429 g/mol. The van der Waals surface area contributed by atoms with Gasteiger partial charge in [-0.25, -0.2) is 22.7 Å². The van der Waals surface area contributed by atoms with Crippen LogP contribution in [0.3, 0.4) is 0 Å². The van der Waals surface area contributed by atoms with Crippen molar-refractivity contribution in [3.63, 3.8) is 0 Å².